The van der Waals surface area contributed by atoms with Crippen LogP contribution >= 0.6 is 0 Å². The maximum Gasteiger partial charge on any atom is 0.229 e. The lowest BCUT2D eigenvalue weighted by Crippen LogP contribution is -2.27. The van der Waals surface area contributed by atoms with Gasteiger partial charge in [0.25, 0.3) is 0 Å². The minimum absolute atomic E-state index is 0.135. The molecule has 0 aliphatic carbocycles. The molecule has 0 aromatic heterocycles. The monoisotopic (exact) mass is 270 g/mol. The summed E-state index contributed by atoms with van der Waals surface area (Å²) in [7, 11) is -3.27. The highest BCUT2D eigenvalue weighted by molar-refractivity contribution is 7.92. The fraction of sp³-hybridized carbons (Fsp3) is 0.500. The summed E-state index contributed by atoms with van der Waals surface area (Å²) in [5.41, 5.74) is 1.35. The van der Waals surface area contributed by atoms with Crippen molar-refractivity contribution in [3.63, 3.8) is 0 Å². The zero-order valence-corrected chi connectivity index (χ0v) is 11.3. The van der Waals surface area contributed by atoms with E-state index < -0.39 is 10.0 Å². The van der Waals surface area contributed by atoms with E-state index in [2.05, 4.69) is 10.0 Å². The first-order valence-electron chi connectivity index (χ1n) is 5.91. The lowest BCUT2D eigenvalue weighted by atomic mass is 10.1. The molecule has 18 heavy (non-hydrogen) atoms. The van der Waals surface area contributed by atoms with Crippen molar-refractivity contribution >= 4 is 21.4 Å². The number of benzene rings is 1. The van der Waals surface area contributed by atoms with Crippen molar-refractivity contribution in [2.75, 3.05) is 22.9 Å². The van der Waals surface area contributed by atoms with Crippen LogP contribution < -0.4 is 10.0 Å². The van der Waals surface area contributed by atoms with Gasteiger partial charge in [-0.1, -0.05) is 12.1 Å². The molecule has 1 aromatic carbocycles. The topological polar surface area (TPSA) is 67.4 Å². The molecule has 2 unspecified atom stereocenters. The molecule has 1 fully saturated rings. The predicted octanol–water partition coefficient (Wildman–Crippen LogP) is 1.65. The number of rotatable bonds is 4. The van der Waals surface area contributed by atoms with Gasteiger partial charge in [0.2, 0.25) is 10.0 Å². The average Bonchev–Trinajstić information content (AvgIpc) is 2.65. The lowest BCUT2D eigenvalue weighted by Gasteiger charge is -2.20. The van der Waals surface area contributed by atoms with Crippen molar-refractivity contribution in [1.29, 1.82) is 0 Å². The van der Waals surface area contributed by atoms with Gasteiger partial charge in [0.15, 0.2) is 0 Å². The van der Waals surface area contributed by atoms with Crippen molar-refractivity contribution < 1.29 is 13.2 Å². The summed E-state index contributed by atoms with van der Waals surface area (Å²) in [6.45, 7) is 2.75. The number of hydrogen-bond donors (Lipinski definition) is 2. The molecule has 100 valence electrons. The minimum Gasteiger partial charge on any atom is -0.378 e. The van der Waals surface area contributed by atoms with Gasteiger partial charge in [-0.25, -0.2) is 8.42 Å². The third-order valence-corrected chi connectivity index (χ3v) is 3.53. The van der Waals surface area contributed by atoms with Crippen LogP contribution in [-0.4, -0.2) is 33.4 Å². The Morgan fingerprint density at radius 2 is 1.94 bits per heavy atom. The Balaban J connectivity index is 2.17. The van der Waals surface area contributed by atoms with Gasteiger partial charge in [0, 0.05) is 6.61 Å². The molecule has 2 atom stereocenters. The number of ether oxygens (including phenoxy) is 1. The van der Waals surface area contributed by atoms with Crippen LogP contribution in [0.5, 0.6) is 0 Å². The van der Waals surface area contributed by atoms with Crippen molar-refractivity contribution in [2.45, 2.75) is 25.5 Å². The standard InChI is InChI=1S/C12H18N2O3S/c1-9-10(7-8-17-9)13-11-5-3-4-6-12(11)14-18(2,15)16/h3-6,9-10,13-14H,7-8H2,1-2H3. The second-order valence-corrected chi connectivity index (χ2v) is 6.28. The molecule has 1 heterocycles. The van der Waals surface area contributed by atoms with E-state index in [-0.39, 0.29) is 12.1 Å². The van der Waals surface area contributed by atoms with Crippen LogP contribution in [0.2, 0.25) is 0 Å². The highest BCUT2D eigenvalue weighted by atomic mass is 32.2. The summed E-state index contributed by atoms with van der Waals surface area (Å²) in [5, 5.41) is 3.33. The molecule has 0 radical (unpaired) electrons. The van der Waals surface area contributed by atoms with E-state index >= 15 is 0 Å². The first-order chi connectivity index (χ1) is 8.46. The zero-order valence-electron chi connectivity index (χ0n) is 10.5. The maximum atomic E-state index is 11.3. The van der Waals surface area contributed by atoms with Gasteiger partial charge in [0.1, 0.15) is 0 Å². The summed E-state index contributed by atoms with van der Waals surface area (Å²) in [4.78, 5) is 0. The van der Waals surface area contributed by atoms with Gasteiger partial charge in [0.05, 0.1) is 29.8 Å². The second-order valence-electron chi connectivity index (χ2n) is 4.54. The normalized spacial score (nSPS) is 23.9. The Kier molecular flexibility index (Phi) is 3.77. The Morgan fingerprint density at radius 1 is 1.28 bits per heavy atom. The number of anilines is 2. The molecule has 5 nitrogen and oxygen atoms in total. The smallest absolute Gasteiger partial charge is 0.229 e. The van der Waals surface area contributed by atoms with Crippen LogP contribution in [0.4, 0.5) is 11.4 Å². The third kappa shape index (κ3) is 3.36. The highest BCUT2D eigenvalue weighted by Crippen LogP contribution is 2.26. The van der Waals surface area contributed by atoms with Crippen molar-refractivity contribution in [3.05, 3.63) is 24.3 Å². The number of sulfonamides is 1. The van der Waals surface area contributed by atoms with Gasteiger partial charge in [-0.2, -0.15) is 0 Å². The molecule has 1 aliphatic rings. The van der Waals surface area contributed by atoms with Crippen LogP contribution in [0, 0.1) is 0 Å². The lowest BCUT2D eigenvalue weighted by molar-refractivity contribution is 0.121. The Morgan fingerprint density at radius 3 is 2.50 bits per heavy atom. The number of nitrogens with one attached hydrogen (secondary N) is 2. The first kappa shape index (κ1) is 13.2. The fourth-order valence-corrected chi connectivity index (χ4v) is 2.60. The third-order valence-electron chi connectivity index (χ3n) is 2.94. The van der Waals surface area contributed by atoms with Crippen LogP contribution in [0.3, 0.4) is 0 Å². The summed E-state index contributed by atoms with van der Waals surface area (Å²) >= 11 is 0. The average molecular weight is 270 g/mol. The Bertz CT molecular complexity index is 516. The molecule has 0 bridgehead atoms. The molecule has 0 amide bonds. The fourth-order valence-electron chi connectivity index (χ4n) is 2.02. The minimum atomic E-state index is -3.27. The first-order valence-corrected chi connectivity index (χ1v) is 7.80. The van der Waals surface area contributed by atoms with Crippen molar-refractivity contribution in [2.24, 2.45) is 0 Å². The van der Waals surface area contributed by atoms with E-state index in [1.807, 2.05) is 19.1 Å². The highest BCUT2D eigenvalue weighted by Gasteiger charge is 2.24. The van der Waals surface area contributed by atoms with Crippen molar-refractivity contribution in [3.8, 4) is 0 Å². The molecule has 2 rings (SSSR count). The summed E-state index contributed by atoms with van der Waals surface area (Å²) in [6.07, 6.45) is 2.20. The van der Waals surface area contributed by atoms with Crippen LogP contribution in [0.1, 0.15) is 13.3 Å². The van der Waals surface area contributed by atoms with Gasteiger partial charge < -0.3 is 10.1 Å². The number of hydrogen-bond acceptors (Lipinski definition) is 4. The zero-order chi connectivity index (χ0) is 13.2. The van der Waals surface area contributed by atoms with E-state index in [4.69, 9.17) is 4.74 Å². The van der Waals surface area contributed by atoms with E-state index in [9.17, 15) is 8.42 Å². The molecule has 1 aromatic rings. The van der Waals surface area contributed by atoms with E-state index in [0.717, 1.165) is 25.0 Å². The van der Waals surface area contributed by atoms with E-state index in [1.165, 1.54) is 0 Å². The van der Waals surface area contributed by atoms with E-state index in [1.54, 1.807) is 12.1 Å². The van der Waals surface area contributed by atoms with Gasteiger partial charge in [-0.3, -0.25) is 4.72 Å². The van der Waals surface area contributed by atoms with Gasteiger partial charge in [-0.15, -0.1) is 0 Å². The SMILES string of the molecule is CC1OCCC1Nc1ccccc1NS(C)(=O)=O. The largest absolute Gasteiger partial charge is 0.378 e. The summed E-state index contributed by atoms with van der Waals surface area (Å²) in [6, 6.07) is 7.49. The second kappa shape index (κ2) is 5.16. The van der Waals surface area contributed by atoms with Gasteiger partial charge in [-0.05, 0) is 25.5 Å². The Labute approximate surface area is 108 Å². The molecule has 1 aliphatic heterocycles. The van der Waals surface area contributed by atoms with Crippen LogP contribution in [0.25, 0.3) is 0 Å². The summed E-state index contributed by atoms with van der Waals surface area (Å²) < 4.78 is 30.6. The molecule has 2 N–H and O–H groups in total. The van der Waals surface area contributed by atoms with Crippen molar-refractivity contribution in [1.82, 2.24) is 0 Å². The molecule has 0 saturated carbocycles. The van der Waals surface area contributed by atoms with Crippen LogP contribution in [-0.2, 0) is 14.8 Å². The molecular weight excluding hydrogens is 252 g/mol. The summed E-state index contributed by atoms with van der Waals surface area (Å²) in [5.74, 6) is 0. The predicted molar refractivity (Wildman–Crippen MR) is 72.4 cm³/mol. The molecular formula is C12H18N2O3S. The Hall–Kier alpha value is -1.27. The van der Waals surface area contributed by atoms with Crippen LogP contribution in [0.15, 0.2) is 24.3 Å². The molecule has 1 saturated heterocycles. The quantitative estimate of drug-likeness (QED) is 0.873. The molecule has 0 spiro atoms. The number of para-hydroxylation sites is 2. The maximum absolute atomic E-state index is 11.3. The van der Waals surface area contributed by atoms with E-state index in [0.29, 0.717) is 5.69 Å². The molecule has 6 heteroatoms. The van der Waals surface area contributed by atoms with Gasteiger partial charge >= 0.3 is 0 Å².